The Labute approximate surface area is 110 Å². The average molecular weight is 299 g/mol. The zero-order valence-electron chi connectivity index (χ0n) is 8.73. The standard InChI is InChI=1S/C9H12Cl2N2O3S/c10-4-7(14)5-13-8-2-1-6(11)3-9(8)17(12,15)16/h1-3,7,13-14H,4-5H2,(H2,12,15,16). The molecule has 0 heterocycles. The van der Waals surface area contributed by atoms with E-state index in [-0.39, 0.29) is 28.0 Å². The number of aliphatic hydroxyl groups is 1. The molecule has 1 aromatic rings. The van der Waals surface area contributed by atoms with Gasteiger partial charge in [0.1, 0.15) is 4.90 Å². The first-order valence-electron chi connectivity index (χ1n) is 4.65. The molecule has 0 saturated carbocycles. The Morgan fingerprint density at radius 2 is 2.12 bits per heavy atom. The molecule has 8 heteroatoms. The van der Waals surface area contributed by atoms with Gasteiger partial charge in [-0.3, -0.25) is 0 Å². The van der Waals surface area contributed by atoms with Gasteiger partial charge in [-0.1, -0.05) is 11.6 Å². The van der Waals surface area contributed by atoms with Gasteiger partial charge in [-0.15, -0.1) is 11.6 Å². The zero-order valence-corrected chi connectivity index (χ0v) is 11.1. The average Bonchev–Trinajstić information content (AvgIpc) is 2.25. The van der Waals surface area contributed by atoms with Crippen molar-refractivity contribution in [2.45, 2.75) is 11.0 Å². The van der Waals surface area contributed by atoms with Crippen LogP contribution in [0.15, 0.2) is 23.1 Å². The summed E-state index contributed by atoms with van der Waals surface area (Å²) < 4.78 is 22.6. The number of nitrogens with two attached hydrogens (primary N) is 1. The minimum Gasteiger partial charge on any atom is -0.390 e. The van der Waals surface area contributed by atoms with E-state index in [2.05, 4.69) is 5.32 Å². The van der Waals surface area contributed by atoms with Gasteiger partial charge in [0.15, 0.2) is 0 Å². The lowest BCUT2D eigenvalue weighted by atomic mass is 10.3. The van der Waals surface area contributed by atoms with Gasteiger partial charge in [0.25, 0.3) is 0 Å². The summed E-state index contributed by atoms with van der Waals surface area (Å²) in [5.41, 5.74) is 0.279. The van der Waals surface area contributed by atoms with Crippen LogP contribution in [0.5, 0.6) is 0 Å². The molecule has 5 nitrogen and oxygen atoms in total. The third-order valence-electron chi connectivity index (χ3n) is 1.96. The normalized spacial score (nSPS) is 13.4. The lowest BCUT2D eigenvalue weighted by Crippen LogP contribution is -2.22. The van der Waals surface area contributed by atoms with E-state index in [0.717, 1.165) is 0 Å². The van der Waals surface area contributed by atoms with Crippen LogP contribution in [0.4, 0.5) is 5.69 Å². The van der Waals surface area contributed by atoms with Gasteiger partial charge in [-0.05, 0) is 18.2 Å². The van der Waals surface area contributed by atoms with Gasteiger partial charge >= 0.3 is 0 Å². The van der Waals surface area contributed by atoms with E-state index in [1.807, 2.05) is 0 Å². The molecule has 1 rings (SSSR count). The maximum absolute atomic E-state index is 11.3. The Morgan fingerprint density at radius 1 is 1.47 bits per heavy atom. The molecule has 0 aliphatic heterocycles. The number of aliphatic hydroxyl groups excluding tert-OH is 1. The van der Waals surface area contributed by atoms with E-state index >= 15 is 0 Å². The fourth-order valence-electron chi connectivity index (χ4n) is 1.16. The third-order valence-corrected chi connectivity index (χ3v) is 3.50. The molecule has 1 aromatic carbocycles. The van der Waals surface area contributed by atoms with Crippen molar-refractivity contribution in [1.82, 2.24) is 0 Å². The molecule has 1 atom stereocenters. The number of benzene rings is 1. The lowest BCUT2D eigenvalue weighted by molar-refractivity contribution is 0.211. The molecule has 0 saturated heterocycles. The fourth-order valence-corrected chi connectivity index (χ4v) is 2.24. The molecule has 0 bridgehead atoms. The van der Waals surface area contributed by atoms with Gasteiger partial charge in [0.2, 0.25) is 10.0 Å². The second-order valence-corrected chi connectivity index (χ2v) is 5.65. The van der Waals surface area contributed by atoms with Crippen LogP contribution in [0, 0.1) is 0 Å². The topological polar surface area (TPSA) is 92.4 Å². The number of sulfonamides is 1. The van der Waals surface area contributed by atoms with E-state index in [4.69, 9.17) is 28.3 Å². The molecular weight excluding hydrogens is 287 g/mol. The van der Waals surface area contributed by atoms with Crippen LogP contribution in [0.1, 0.15) is 0 Å². The molecular formula is C9H12Cl2N2O3S. The van der Waals surface area contributed by atoms with Gasteiger partial charge in [0, 0.05) is 11.6 Å². The van der Waals surface area contributed by atoms with Crippen LogP contribution >= 0.6 is 23.2 Å². The van der Waals surface area contributed by atoms with Crippen LogP contribution in [-0.2, 0) is 10.0 Å². The number of anilines is 1. The van der Waals surface area contributed by atoms with Crippen molar-refractivity contribution in [3.63, 3.8) is 0 Å². The summed E-state index contributed by atoms with van der Waals surface area (Å²) in [5, 5.41) is 17.3. The molecule has 96 valence electrons. The molecule has 1 unspecified atom stereocenters. The number of halogens is 2. The predicted molar refractivity (Wildman–Crippen MR) is 68.0 cm³/mol. The minimum atomic E-state index is -3.87. The van der Waals surface area contributed by atoms with Crippen molar-refractivity contribution in [2.24, 2.45) is 5.14 Å². The highest BCUT2D eigenvalue weighted by Gasteiger charge is 2.15. The summed E-state index contributed by atoms with van der Waals surface area (Å²) in [5.74, 6) is 0.0469. The van der Waals surface area contributed by atoms with Crippen LogP contribution in [0.25, 0.3) is 0 Å². The first kappa shape index (κ1) is 14.5. The van der Waals surface area contributed by atoms with E-state index in [0.29, 0.717) is 0 Å². The van der Waals surface area contributed by atoms with E-state index in [9.17, 15) is 13.5 Å². The summed E-state index contributed by atoms with van der Waals surface area (Å²) in [6.45, 7) is 0.119. The molecule has 0 aliphatic rings. The summed E-state index contributed by atoms with van der Waals surface area (Å²) in [4.78, 5) is -0.119. The monoisotopic (exact) mass is 298 g/mol. The summed E-state index contributed by atoms with van der Waals surface area (Å²) >= 11 is 11.1. The Bertz CT molecular complexity index is 493. The quantitative estimate of drug-likeness (QED) is 0.707. The number of rotatable bonds is 5. The van der Waals surface area contributed by atoms with Gasteiger partial charge < -0.3 is 10.4 Å². The molecule has 0 aromatic heterocycles. The predicted octanol–water partition coefficient (Wildman–Crippen LogP) is 0.999. The first-order valence-corrected chi connectivity index (χ1v) is 7.10. The molecule has 17 heavy (non-hydrogen) atoms. The van der Waals surface area contributed by atoms with Crippen molar-refractivity contribution in [3.05, 3.63) is 23.2 Å². The van der Waals surface area contributed by atoms with Crippen LogP contribution in [0.2, 0.25) is 5.02 Å². The highest BCUT2D eigenvalue weighted by molar-refractivity contribution is 7.89. The Morgan fingerprint density at radius 3 is 2.65 bits per heavy atom. The fraction of sp³-hybridized carbons (Fsp3) is 0.333. The SMILES string of the molecule is NS(=O)(=O)c1cc(Cl)ccc1NCC(O)CCl. The van der Waals surface area contributed by atoms with Gasteiger partial charge in [0.05, 0.1) is 17.7 Å². The Kier molecular flexibility index (Phi) is 5.03. The molecule has 0 radical (unpaired) electrons. The summed E-state index contributed by atoms with van der Waals surface area (Å²) in [6.07, 6.45) is -0.777. The maximum Gasteiger partial charge on any atom is 0.240 e. The van der Waals surface area contributed by atoms with Gasteiger partial charge in [-0.2, -0.15) is 0 Å². The number of alkyl halides is 1. The van der Waals surface area contributed by atoms with Crippen molar-refractivity contribution in [2.75, 3.05) is 17.7 Å². The summed E-state index contributed by atoms with van der Waals surface area (Å²) in [7, 11) is -3.87. The number of hydrogen-bond acceptors (Lipinski definition) is 4. The molecule has 0 spiro atoms. The Hall–Kier alpha value is -0.530. The van der Waals surface area contributed by atoms with Crippen LogP contribution < -0.4 is 10.5 Å². The molecule has 0 amide bonds. The number of hydrogen-bond donors (Lipinski definition) is 3. The number of primary sulfonamides is 1. The van der Waals surface area contributed by atoms with E-state index in [1.54, 1.807) is 0 Å². The van der Waals surface area contributed by atoms with Crippen LogP contribution in [0.3, 0.4) is 0 Å². The molecule has 0 aliphatic carbocycles. The highest BCUT2D eigenvalue weighted by Crippen LogP contribution is 2.24. The van der Waals surface area contributed by atoms with Gasteiger partial charge in [-0.25, -0.2) is 13.6 Å². The second kappa shape index (κ2) is 5.88. The van der Waals surface area contributed by atoms with Crippen molar-refractivity contribution >= 4 is 38.9 Å². The largest absolute Gasteiger partial charge is 0.390 e. The smallest absolute Gasteiger partial charge is 0.240 e. The Balaban J connectivity index is 3.00. The van der Waals surface area contributed by atoms with E-state index in [1.165, 1.54) is 18.2 Å². The maximum atomic E-state index is 11.3. The third kappa shape index (κ3) is 4.33. The highest BCUT2D eigenvalue weighted by atomic mass is 35.5. The van der Waals surface area contributed by atoms with Crippen molar-refractivity contribution < 1.29 is 13.5 Å². The van der Waals surface area contributed by atoms with Crippen molar-refractivity contribution in [1.29, 1.82) is 0 Å². The summed E-state index contributed by atoms with van der Waals surface area (Å²) in [6, 6.07) is 4.24. The second-order valence-electron chi connectivity index (χ2n) is 3.37. The first-order chi connectivity index (χ1) is 7.84. The zero-order chi connectivity index (χ0) is 13.1. The lowest BCUT2D eigenvalue weighted by Gasteiger charge is -2.13. The van der Waals surface area contributed by atoms with Crippen molar-refractivity contribution in [3.8, 4) is 0 Å². The van der Waals surface area contributed by atoms with Crippen LogP contribution in [-0.4, -0.2) is 32.1 Å². The molecule has 4 N–H and O–H groups in total. The minimum absolute atomic E-state index is 0.0469. The van der Waals surface area contributed by atoms with E-state index < -0.39 is 16.1 Å². The number of nitrogens with one attached hydrogen (secondary N) is 1. The molecule has 0 fully saturated rings.